The van der Waals surface area contributed by atoms with E-state index in [-0.39, 0.29) is 11.4 Å². The molecule has 0 heterocycles. The first-order chi connectivity index (χ1) is 10.6. The molecule has 0 aliphatic carbocycles. The van der Waals surface area contributed by atoms with Gasteiger partial charge in [-0.15, -0.1) is 0 Å². The fourth-order valence-electron chi connectivity index (χ4n) is 3.09. The molecule has 1 aromatic rings. The summed E-state index contributed by atoms with van der Waals surface area (Å²) in [5.41, 5.74) is 2.43. The van der Waals surface area contributed by atoms with Crippen molar-refractivity contribution in [3.05, 3.63) is 30.9 Å². The zero-order valence-corrected chi connectivity index (χ0v) is 22.8. The van der Waals surface area contributed by atoms with Crippen LogP contribution in [0, 0.1) is 0 Å². The summed E-state index contributed by atoms with van der Waals surface area (Å²) in [5.74, 6) is 0.437. The Morgan fingerprint density at radius 1 is 1.00 bits per heavy atom. The van der Waals surface area contributed by atoms with Crippen molar-refractivity contribution in [1.82, 2.24) is 0 Å². The van der Waals surface area contributed by atoms with Crippen LogP contribution in [0.25, 0.3) is 6.08 Å². The van der Waals surface area contributed by atoms with Crippen molar-refractivity contribution in [3.8, 4) is 5.75 Å². The second kappa shape index (κ2) is 7.73. The summed E-state index contributed by atoms with van der Waals surface area (Å²) in [7, 11) is 0. The van der Waals surface area contributed by atoms with Gasteiger partial charge in [-0.1, -0.05) is 0 Å². The first kappa shape index (κ1) is 22.1. The summed E-state index contributed by atoms with van der Waals surface area (Å²) < 4.78 is 7.25. The minimum absolute atomic E-state index is 0.0769. The molecule has 134 valence electrons. The summed E-state index contributed by atoms with van der Waals surface area (Å²) in [5, 5.41) is 0. The minimum atomic E-state index is -2.21. The van der Waals surface area contributed by atoms with Crippen LogP contribution in [-0.4, -0.2) is 42.7 Å². The van der Waals surface area contributed by atoms with Crippen LogP contribution in [0.5, 0.6) is 5.75 Å². The third-order valence-corrected chi connectivity index (χ3v) is 42.8. The van der Waals surface area contributed by atoms with E-state index in [1.54, 1.807) is 1.60 Å². The van der Waals surface area contributed by atoms with Crippen LogP contribution in [-0.2, 0) is 10.2 Å². The van der Waals surface area contributed by atoms with Gasteiger partial charge in [-0.3, -0.25) is 0 Å². The van der Waals surface area contributed by atoms with E-state index >= 15 is 0 Å². The Bertz CT molecular complexity index is 623. The Morgan fingerprint density at radius 3 is 1.88 bits per heavy atom. The molecular formula is C20H34O2Sn2. The zero-order valence-electron chi connectivity index (χ0n) is 17.1. The average molecular weight is 544 g/mol. The summed E-state index contributed by atoms with van der Waals surface area (Å²) in [6.07, 6.45) is 2.39. The molecular weight excluding hydrogens is 510 g/mol. The van der Waals surface area contributed by atoms with Crippen LogP contribution >= 0.6 is 0 Å². The molecule has 0 fully saturated rings. The molecule has 2 nitrogen and oxygen atoms in total. The van der Waals surface area contributed by atoms with Crippen LogP contribution in [0.1, 0.15) is 38.8 Å². The molecule has 0 aliphatic heterocycles. The fraction of sp³-hybridized carbons (Fsp3) is 0.550. The number of ether oxygens (including phenoxy) is 1. The van der Waals surface area contributed by atoms with E-state index in [9.17, 15) is 4.79 Å². The molecule has 0 unspecified atom stereocenters. The van der Waals surface area contributed by atoms with E-state index in [1.807, 2.05) is 6.07 Å². The van der Waals surface area contributed by atoms with Gasteiger partial charge < -0.3 is 0 Å². The molecule has 0 aromatic heterocycles. The number of esters is 1. The van der Waals surface area contributed by atoms with Crippen LogP contribution in [0.15, 0.2) is 19.8 Å². The van der Waals surface area contributed by atoms with Crippen molar-refractivity contribution in [2.75, 3.05) is 0 Å². The molecule has 24 heavy (non-hydrogen) atoms. The number of carbonyl (C=O) groups is 1. The Morgan fingerprint density at radius 2 is 1.50 bits per heavy atom. The van der Waals surface area contributed by atoms with Gasteiger partial charge in [0.15, 0.2) is 0 Å². The van der Waals surface area contributed by atoms with E-state index in [0.29, 0.717) is 5.75 Å². The zero-order chi connectivity index (χ0) is 18.9. The molecule has 4 heteroatoms. The molecule has 1 rings (SSSR count). The Kier molecular flexibility index (Phi) is 7.10. The molecule has 0 radical (unpaired) electrons. The van der Waals surface area contributed by atoms with Crippen molar-refractivity contribution in [1.29, 1.82) is 0 Å². The SMILES string of the molecule is CC(=O)Oc1ccc(C(C)(C)C)cc1C=[C]([Sn]([CH3])([CH3])[CH3])[Sn]([CH3])([CH3])[CH3]. The second-order valence-electron chi connectivity index (χ2n) is 9.65. The third-order valence-electron chi connectivity index (χ3n) is 4.05. The summed E-state index contributed by atoms with van der Waals surface area (Å²) in [6.45, 7) is 8.12. The summed E-state index contributed by atoms with van der Waals surface area (Å²) >= 11 is -4.41. The van der Waals surface area contributed by atoms with E-state index in [2.05, 4.69) is 68.6 Å². The predicted octanol–water partition coefficient (Wildman–Crippen LogP) is 6.05. The summed E-state index contributed by atoms with van der Waals surface area (Å²) in [6, 6.07) is 6.26. The summed E-state index contributed by atoms with van der Waals surface area (Å²) in [4.78, 5) is 26.4. The van der Waals surface area contributed by atoms with Gasteiger partial charge in [0, 0.05) is 0 Å². The predicted molar refractivity (Wildman–Crippen MR) is 111 cm³/mol. The number of rotatable bonds is 4. The average Bonchev–Trinajstić information content (AvgIpc) is 2.32. The maximum atomic E-state index is 11.5. The van der Waals surface area contributed by atoms with Gasteiger partial charge in [0.1, 0.15) is 0 Å². The van der Waals surface area contributed by atoms with Crippen molar-refractivity contribution in [2.24, 2.45) is 0 Å². The number of hydrogen-bond donors (Lipinski definition) is 0. The normalized spacial score (nSPS) is 12.8. The van der Waals surface area contributed by atoms with E-state index in [1.165, 1.54) is 12.5 Å². The standard InChI is InChI=1S/C14H16O2.6CH3.2Sn/c1-6-11-9-12(14(3,4)5)7-8-13(11)16-10(2)15;;;;;;;;/h6-9H,2-5H3;6*1H3;;. The van der Waals surface area contributed by atoms with Gasteiger partial charge in [0.25, 0.3) is 0 Å². The molecule has 0 saturated heterocycles. The quantitative estimate of drug-likeness (QED) is 0.263. The molecule has 1 aromatic carbocycles. The third kappa shape index (κ3) is 6.39. The van der Waals surface area contributed by atoms with Crippen LogP contribution < -0.4 is 4.74 Å². The second-order valence-corrected chi connectivity index (χ2v) is 42.5. The molecule has 0 atom stereocenters. The monoisotopic (exact) mass is 546 g/mol. The molecule has 0 bridgehead atoms. The number of carbonyl (C=O) groups excluding carboxylic acids is 1. The van der Waals surface area contributed by atoms with E-state index in [0.717, 1.165) is 5.56 Å². The molecule has 0 spiro atoms. The van der Waals surface area contributed by atoms with Crippen LogP contribution in [0.2, 0.25) is 29.6 Å². The molecule has 0 saturated carbocycles. The maximum absolute atomic E-state index is 11.5. The van der Waals surface area contributed by atoms with Crippen molar-refractivity contribution < 1.29 is 9.53 Å². The fourth-order valence-corrected chi connectivity index (χ4v) is 55.9. The van der Waals surface area contributed by atoms with Gasteiger partial charge in [-0.25, -0.2) is 0 Å². The number of hydrogen-bond acceptors (Lipinski definition) is 2. The van der Waals surface area contributed by atoms with E-state index in [4.69, 9.17) is 4.74 Å². The molecule has 0 N–H and O–H groups in total. The van der Waals surface area contributed by atoms with Crippen LogP contribution in [0.4, 0.5) is 0 Å². The first-order valence-electron chi connectivity index (χ1n) is 8.68. The molecule has 0 aliphatic rings. The van der Waals surface area contributed by atoms with Crippen molar-refractivity contribution in [2.45, 2.75) is 62.7 Å². The van der Waals surface area contributed by atoms with Gasteiger partial charge >= 0.3 is 158 Å². The Balaban J connectivity index is 3.62. The topological polar surface area (TPSA) is 26.3 Å². The van der Waals surface area contributed by atoms with Gasteiger partial charge in [-0.05, 0) is 0 Å². The van der Waals surface area contributed by atoms with Crippen molar-refractivity contribution >= 4 is 48.8 Å². The van der Waals surface area contributed by atoms with Gasteiger partial charge in [-0.2, -0.15) is 0 Å². The van der Waals surface area contributed by atoms with Gasteiger partial charge in [0.05, 0.1) is 0 Å². The Hall–Kier alpha value is 0.0274. The van der Waals surface area contributed by atoms with Gasteiger partial charge in [0.2, 0.25) is 0 Å². The number of benzene rings is 1. The Labute approximate surface area is 156 Å². The molecule has 0 amide bonds. The first-order valence-corrected chi connectivity index (χ1v) is 28.7. The van der Waals surface area contributed by atoms with Crippen LogP contribution in [0.3, 0.4) is 0 Å². The van der Waals surface area contributed by atoms with Crippen molar-refractivity contribution in [3.63, 3.8) is 0 Å². The van der Waals surface area contributed by atoms with E-state index < -0.39 is 36.8 Å².